The molecule has 0 aromatic rings. The highest BCUT2D eigenvalue weighted by Gasteiger charge is 2.31. The predicted octanol–water partition coefficient (Wildman–Crippen LogP) is 1.80. The Labute approximate surface area is 111 Å². The van der Waals surface area contributed by atoms with Crippen LogP contribution in [0.4, 0.5) is 0 Å². The number of aliphatic hydroxyl groups excluding tert-OH is 1. The minimum Gasteiger partial charge on any atom is -0.389 e. The van der Waals surface area contributed by atoms with Crippen molar-refractivity contribution in [2.45, 2.75) is 56.7 Å². The molecule has 1 saturated heterocycles. The number of β-amino-alcohol motifs (C(OH)–C–C–N with tert-alkyl or cyclic N) is 1. The van der Waals surface area contributed by atoms with Crippen LogP contribution in [0.25, 0.3) is 0 Å². The van der Waals surface area contributed by atoms with Crippen LogP contribution < -0.4 is 0 Å². The molecule has 0 amide bonds. The van der Waals surface area contributed by atoms with Gasteiger partial charge in [0, 0.05) is 6.54 Å². The van der Waals surface area contributed by atoms with Gasteiger partial charge < -0.3 is 14.7 Å². The number of hydrogen-bond acceptors (Lipinski definition) is 3. The van der Waals surface area contributed by atoms with Gasteiger partial charge in [0.15, 0.2) is 0 Å². The highest BCUT2D eigenvalue weighted by Crippen LogP contribution is 2.31. The number of likely N-dealkylation sites (tertiary alicyclic amines) is 1. The summed E-state index contributed by atoms with van der Waals surface area (Å²) in [5, 5.41) is 10.0. The molecule has 3 nitrogen and oxygen atoms in total. The van der Waals surface area contributed by atoms with E-state index in [0.29, 0.717) is 6.61 Å². The Balaban J connectivity index is 1.73. The smallest absolute Gasteiger partial charge is 0.128 e. The lowest BCUT2D eigenvalue weighted by atomic mass is 9.85. The van der Waals surface area contributed by atoms with Crippen molar-refractivity contribution < 1.29 is 9.84 Å². The van der Waals surface area contributed by atoms with Gasteiger partial charge >= 0.3 is 0 Å². The Morgan fingerprint density at radius 1 is 1.17 bits per heavy atom. The van der Waals surface area contributed by atoms with Crippen LogP contribution in [0.5, 0.6) is 0 Å². The number of rotatable bonds is 5. The Morgan fingerprint density at radius 3 is 2.44 bits per heavy atom. The average molecular weight is 251 g/mol. The zero-order valence-electron chi connectivity index (χ0n) is 11.2. The molecule has 3 heteroatoms. The van der Waals surface area contributed by atoms with Gasteiger partial charge in [0.25, 0.3) is 0 Å². The summed E-state index contributed by atoms with van der Waals surface area (Å²) in [6, 6.07) is 0. The first-order valence-electron chi connectivity index (χ1n) is 7.26. The van der Waals surface area contributed by atoms with E-state index in [1.807, 2.05) is 0 Å². The molecule has 102 valence electrons. The van der Waals surface area contributed by atoms with E-state index in [-0.39, 0.29) is 0 Å². The van der Waals surface area contributed by atoms with Gasteiger partial charge in [0.1, 0.15) is 5.60 Å². The lowest BCUT2D eigenvalue weighted by molar-refractivity contribution is -0.0686. The zero-order chi connectivity index (χ0) is 12.8. The number of ether oxygens (including phenoxy) is 1. The van der Waals surface area contributed by atoms with Gasteiger partial charge in [-0.05, 0) is 51.6 Å². The van der Waals surface area contributed by atoms with Crippen LogP contribution in [-0.4, -0.2) is 48.0 Å². The Bertz CT molecular complexity index is 285. The van der Waals surface area contributed by atoms with Crippen molar-refractivity contribution in [1.29, 1.82) is 0 Å². The maximum Gasteiger partial charge on any atom is 0.128 e. The van der Waals surface area contributed by atoms with Crippen molar-refractivity contribution in [3.05, 3.63) is 0 Å². The van der Waals surface area contributed by atoms with Gasteiger partial charge in [0.2, 0.25) is 0 Å². The third-order valence-electron chi connectivity index (χ3n) is 4.14. The summed E-state index contributed by atoms with van der Waals surface area (Å²) in [6.07, 6.45) is 13.1. The second-order valence-electron chi connectivity index (χ2n) is 5.67. The Morgan fingerprint density at radius 2 is 1.83 bits per heavy atom. The van der Waals surface area contributed by atoms with Crippen LogP contribution in [-0.2, 0) is 4.74 Å². The number of nitrogens with zero attached hydrogens (tertiary/aromatic N) is 1. The van der Waals surface area contributed by atoms with Crippen LogP contribution in [0.3, 0.4) is 0 Å². The van der Waals surface area contributed by atoms with Gasteiger partial charge in [-0.15, -0.1) is 6.42 Å². The summed E-state index contributed by atoms with van der Waals surface area (Å²) < 4.78 is 5.88. The molecule has 1 N–H and O–H groups in total. The van der Waals surface area contributed by atoms with Crippen LogP contribution in [0.15, 0.2) is 0 Å². The highest BCUT2D eigenvalue weighted by atomic mass is 16.5. The summed E-state index contributed by atoms with van der Waals surface area (Å²) in [7, 11) is 0. The predicted molar refractivity (Wildman–Crippen MR) is 72.3 cm³/mol. The molecule has 2 fully saturated rings. The molecule has 1 atom stereocenters. The maximum absolute atomic E-state index is 10.0. The minimum atomic E-state index is -0.407. The third-order valence-corrected chi connectivity index (χ3v) is 4.14. The van der Waals surface area contributed by atoms with E-state index in [1.165, 1.54) is 19.3 Å². The Hall–Kier alpha value is -0.560. The lowest BCUT2D eigenvalue weighted by Gasteiger charge is -2.33. The number of hydrogen-bond donors (Lipinski definition) is 1. The molecule has 0 aromatic carbocycles. The van der Waals surface area contributed by atoms with Crippen molar-refractivity contribution in [2.75, 3.05) is 26.2 Å². The van der Waals surface area contributed by atoms with E-state index in [1.54, 1.807) is 0 Å². The average Bonchev–Trinajstić information content (AvgIpc) is 2.90. The van der Waals surface area contributed by atoms with Crippen molar-refractivity contribution in [2.24, 2.45) is 0 Å². The molecular formula is C15H25NO2. The molecule has 1 aliphatic carbocycles. The first-order chi connectivity index (χ1) is 8.74. The quantitative estimate of drug-likeness (QED) is 0.756. The second-order valence-corrected chi connectivity index (χ2v) is 5.67. The number of aliphatic hydroxyl groups is 1. The van der Waals surface area contributed by atoms with E-state index in [4.69, 9.17) is 11.2 Å². The van der Waals surface area contributed by atoms with Crippen LogP contribution in [0.2, 0.25) is 0 Å². The van der Waals surface area contributed by atoms with E-state index in [2.05, 4.69) is 10.8 Å². The van der Waals surface area contributed by atoms with E-state index >= 15 is 0 Å². The summed E-state index contributed by atoms with van der Waals surface area (Å²) in [6.45, 7) is 3.32. The molecule has 0 radical (unpaired) electrons. The van der Waals surface area contributed by atoms with Crippen molar-refractivity contribution in [1.82, 2.24) is 4.90 Å². The summed E-state index contributed by atoms with van der Waals surface area (Å²) in [5.41, 5.74) is -0.399. The van der Waals surface area contributed by atoms with E-state index in [9.17, 15) is 5.11 Å². The molecule has 0 unspecified atom stereocenters. The molecule has 0 bridgehead atoms. The standard InChI is InChI=1S/C15H25NO2/c1-2-15(8-4-3-5-9-15)18-13-14(17)12-16-10-6-7-11-16/h1,14,17H,3-13H2/t14-/m1/s1. The molecule has 1 aliphatic heterocycles. The monoisotopic (exact) mass is 251 g/mol. The molecule has 0 spiro atoms. The maximum atomic E-state index is 10.0. The molecular weight excluding hydrogens is 226 g/mol. The van der Waals surface area contributed by atoms with E-state index < -0.39 is 11.7 Å². The molecule has 2 aliphatic rings. The Kier molecular flexibility index (Phi) is 5.05. The molecule has 0 aromatic heterocycles. The normalized spacial score (nSPS) is 25.8. The molecule has 2 rings (SSSR count). The lowest BCUT2D eigenvalue weighted by Crippen LogP contribution is -2.39. The molecule has 18 heavy (non-hydrogen) atoms. The first kappa shape index (κ1) is 13.9. The van der Waals surface area contributed by atoms with Gasteiger partial charge in [0.05, 0.1) is 12.7 Å². The van der Waals surface area contributed by atoms with Crippen molar-refractivity contribution >= 4 is 0 Å². The minimum absolute atomic E-state index is 0.376. The summed E-state index contributed by atoms with van der Waals surface area (Å²) in [5.74, 6) is 2.82. The first-order valence-corrected chi connectivity index (χ1v) is 7.26. The fourth-order valence-corrected chi connectivity index (χ4v) is 3.02. The highest BCUT2D eigenvalue weighted by molar-refractivity contribution is 5.09. The van der Waals surface area contributed by atoms with Crippen molar-refractivity contribution in [3.8, 4) is 12.3 Å². The van der Waals surface area contributed by atoms with E-state index in [0.717, 1.165) is 45.3 Å². The summed E-state index contributed by atoms with van der Waals surface area (Å²) >= 11 is 0. The van der Waals surface area contributed by atoms with Crippen LogP contribution in [0.1, 0.15) is 44.9 Å². The number of terminal acetylenes is 1. The zero-order valence-corrected chi connectivity index (χ0v) is 11.2. The van der Waals surface area contributed by atoms with Gasteiger partial charge in [-0.2, -0.15) is 0 Å². The van der Waals surface area contributed by atoms with Crippen LogP contribution in [0, 0.1) is 12.3 Å². The SMILES string of the molecule is C#CC1(OC[C@H](O)CN2CCCC2)CCCCC1. The fraction of sp³-hybridized carbons (Fsp3) is 0.867. The van der Waals surface area contributed by atoms with Crippen LogP contribution >= 0.6 is 0 Å². The summed E-state index contributed by atoms with van der Waals surface area (Å²) in [4.78, 5) is 2.30. The van der Waals surface area contributed by atoms with Gasteiger partial charge in [-0.25, -0.2) is 0 Å². The van der Waals surface area contributed by atoms with Gasteiger partial charge in [-0.3, -0.25) is 0 Å². The molecule has 1 saturated carbocycles. The molecule has 1 heterocycles. The second kappa shape index (κ2) is 6.56. The fourth-order valence-electron chi connectivity index (χ4n) is 3.02. The van der Waals surface area contributed by atoms with Crippen molar-refractivity contribution in [3.63, 3.8) is 0 Å². The largest absolute Gasteiger partial charge is 0.389 e. The topological polar surface area (TPSA) is 32.7 Å². The van der Waals surface area contributed by atoms with Gasteiger partial charge in [-0.1, -0.05) is 12.3 Å². The third kappa shape index (κ3) is 3.71.